The van der Waals surface area contributed by atoms with Gasteiger partial charge in [0.05, 0.1) is 17.7 Å². The van der Waals surface area contributed by atoms with Gasteiger partial charge in [-0.25, -0.2) is 4.79 Å². The monoisotopic (exact) mass is 363 g/mol. The molecular formula is C19H16F3NO3. The van der Waals surface area contributed by atoms with Gasteiger partial charge in [0.15, 0.2) is 0 Å². The zero-order valence-electron chi connectivity index (χ0n) is 13.8. The summed E-state index contributed by atoms with van der Waals surface area (Å²) in [4.78, 5) is 23.4. The Balaban J connectivity index is 2.10. The molecule has 136 valence electrons. The van der Waals surface area contributed by atoms with Crippen molar-refractivity contribution >= 4 is 23.6 Å². The first-order chi connectivity index (χ1) is 12.3. The number of rotatable bonds is 5. The molecular weight excluding hydrogens is 347 g/mol. The fraction of sp³-hybridized carbons (Fsp3) is 0.158. The van der Waals surface area contributed by atoms with Crippen LogP contribution in [0.3, 0.4) is 0 Å². The molecule has 0 saturated heterocycles. The summed E-state index contributed by atoms with van der Waals surface area (Å²) in [5.74, 6) is -1.33. The standard InChI is InChI=1S/C19H16F3NO3/c1-2-26-17(24)12-9-13-7-10-14(11-8-13)23-18(25)15-5-3-4-6-16(15)19(20,21)22/h3-12H,2H2,1H3,(H,23,25)/b12-9+. The summed E-state index contributed by atoms with van der Waals surface area (Å²) in [7, 11) is 0. The number of carbonyl (C=O) groups excluding carboxylic acids is 2. The van der Waals surface area contributed by atoms with Gasteiger partial charge in [0.1, 0.15) is 0 Å². The van der Waals surface area contributed by atoms with Crippen molar-refractivity contribution in [3.8, 4) is 0 Å². The predicted octanol–water partition coefficient (Wildman–Crippen LogP) is 4.53. The van der Waals surface area contributed by atoms with Gasteiger partial charge in [-0.1, -0.05) is 24.3 Å². The van der Waals surface area contributed by atoms with E-state index in [4.69, 9.17) is 4.74 Å². The molecule has 26 heavy (non-hydrogen) atoms. The number of carbonyl (C=O) groups is 2. The molecule has 0 aliphatic carbocycles. The number of benzene rings is 2. The van der Waals surface area contributed by atoms with Gasteiger partial charge in [0, 0.05) is 11.8 Å². The molecule has 0 atom stereocenters. The Hall–Kier alpha value is -3.09. The molecule has 0 spiro atoms. The highest BCUT2D eigenvalue weighted by atomic mass is 19.4. The van der Waals surface area contributed by atoms with Crippen molar-refractivity contribution in [3.05, 3.63) is 71.3 Å². The molecule has 0 aliphatic rings. The first-order valence-corrected chi connectivity index (χ1v) is 7.73. The lowest BCUT2D eigenvalue weighted by Crippen LogP contribution is -2.18. The van der Waals surface area contributed by atoms with E-state index in [2.05, 4.69) is 5.32 Å². The van der Waals surface area contributed by atoms with Crippen molar-refractivity contribution in [3.63, 3.8) is 0 Å². The van der Waals surface area contributed by atoms with Crippen LogP contribution in [0.15, 0.2) is 54.6 Å². The number of hydrogen-bond acceptors (Lipinski definition) is 3. The molecule has 7 heteroatoms. The van der Waals surface area contributed by atoms with E-state index in [0.29, 0.717) is 11.3 Å². The van der Waals surface area contributed by atoms with E-state index in [9.17, 15) is 22.8 Å². The number of nitrogens with one attached hydrogen (secondary N) is 1. The van der Waals surface area contributed by atoms with Crippen LogP contribution in [-0.2, 0) is 15.7 Å². The SMILES string of the molecule is CCOC(=O)/C=C/c1ccc(NC(=O)c2ccccc2C(F)(F)F)cc1. The summed E-state index contributed by atoms with van der Waals surface area (Å²) in [6.07, 6.45) is -1.82. The molecule has 1 amide bonds. The second kappa shape index (κ2) is 8.33. The molecule has 0 heterocycles. The number of esters is 1. The fourth-order valence-corrected chi connectivity index (χ4v) is 2.16. The van der Waals surface area contributed by atoms with Crippen LogP contribution >= 0.6 is 0 Å². The van der Waals surface area contributed by atoms with E-state index < -0.39 is 29.2 Å². The summed E-state index contributed by atoms with van der Waals surface area (Å²) in [5.41, 5.74) is -0.440. The highest BCUT2D eigenvalue weighted by Crippen LogP contribution is 2.32. The van der Waals surface area contributed by atoms with Gasteiger partial charge in [-0.05, 0) is 42.8 Å². The largest absolute Gasteiger partial charge is 0.463 e. The highest BCUT2D eigenvalue weighted by molar-refractivity contribution is 6.05. The third-order valence-corrected chi connectivity index (χ3v) is 3.34. The molecule has 0 aromatic heterocycles. The first kappa shape index (κ1) is 19.2. The molecule has 2 aromatic carbocycles. The zero-order chi connectivity index (χ0) is 19.2. The van der Waals surface area contributed by atoms with Crippen LogP contribution in [0, 0.1) is 0 Å². The number of alkyl halides is 3. The molecule has 0 bridgehead atoms. The van der Waals surface area contributed by atoms with Crippen LogP contribution in [-0.4, -0.2) is 18.5 Å². The van der Waals surface area contributed by atoms with Crippen molar-refractivity contribution in [2.24, 2.45) is 0 Å². The topological polar surface area (TPSA) is 55.4 Å². The lowest BCUT2D eigenvalue weighted by Gasteiger charge is -2.12. The van der Waals surface area contributed by atoms with E-state index in [1.54, 1.807) is 19.1 Å². The average molecular weight is 363 g/mol. The smallest absolute Gasteiger partial charge is 0.417 e. The quantitative estimate of drug-likeness (QED) is 0.627. The van der Waals surface area contributed by atoms with E-state index in [-0.39, 0.29) is 6.61 Å². The molecule has 4 nitrogen and oxygen atoms in total. The summed E-state index contributed by atoms with van der Waals surface area (Å²) < 4.78 is 43.7. The van der Waals surface area contributed by atoms with Gasteiger partial charge in [0.2, 0.25) is 0 Å². The molecule has 2 aromatic rings. The summed E-state index contributed by atoms with van der Waals surface area (Å²) in [6, 6.07) is 10.9. The van der Waals surface area contributed by atoms with Crippen molar-refractivity contribution in [1.29, 1.82) is 0 Å². The minimum Gasteiger partial charge on any atom is -0.463 e. The maximum absolute atomic E-state index is 13.0. The Labute approximate surface area is 148 Å². The zero-order valence-corrected chi connectivity index (χ0v) is 13.8. The van der Waals surface area contributed by atoms with Crippen molar-refractivity contribution in [2.45, 2.75) is 13.1 Å². The molecule has 0 saturated carbocycles. The molecule has 2 rings (SSSR count). The van der Waals surface area contributed by atoms with Gasteiger partial charge in [-0.15, -0.1) is 0 Å². The Morgan fingerprint density at radius 3 is 2.35 bits per heavy atom. The minimum atomic E-state index is -4.62. The number of amides is 1. The average Bonchev–Trinajstić information content (AvgIpc) is 2.60. The lowest BCUT2D eigenvalue weighted by molar-refractivity contribution is -0.138. The fourth-order valence-electron chi connectivity index (χ4n) is 2.16. The summed E-state index contributed by atoms with van der Waals surface area (Å²) in [6.45, 7) is 1.97. The molecule has 1 N–H and O–H groups in total. The third-order valence-electron chi connectivity index (χ3n) is 3.34. The molecule has 0 fully saturated rings. The highest BCUT2D eigenvalue weighted by Gasteiger charge is 2.34. The predicted molar refractivity (Wildman–Crippen MR) is 91.5 cm³/mol. The first-order valence-electron chi connectivity index (χ1n) is 7.73. The Bertz CT molecular complexity index is 812. The van der Waals surface area contributed by atoms with E-state index in [1.165, 1.54) is 36.4 Å². The van der Waals surface area contributed by atoms with Gasteiger partial charge >= 0.3 is 12.1 Å². The van der Waals surface area contributed by atoms with Crippen LogP contribution in [0.5, 0.6) is 0 Å². The second-order valence-corrected chi connectivity index (χ2v) is 5.20. The van der Waals surface area contributed by atoms with Gasteiger partial charge in [0.25, 0.3) is 5.91 Å². The van der Waals surface area contributed by atoms with Crippen molar-refractivity contribution in [1.82, 2.24) is 0 Å². The van der Waals surface area contributed by atoms with Crippen LogP contribution in [0.4, 0.5) is 18.9 Å². The van der Waals surface area contributed by atoms with Gasteiger partial charge in [-0.3, -0.25) is 4.79 Å². The van der Waals surface area contributed by atoms with Crippen molar-refractivity contribution in [2.75, 3.05) is 11.9 Å². The number of ether oxygens (including phenoxy) is 1. The number of halogens is 3. The van der Waals surface area contributed by atoms with Crippen LogP contribution in [0.2, 0.25) is 0 Å². The normalized spacial score (nSPS) is 11.4. The third kappa shape index (κ3) is 5.20. The molecule has 0 aliphatic heterocycles. The van der Waals surface area contributed by atoms with Crippen molar-refractivity contribution < 1.29 is 27.5 Å². The summed E-state index contributed by atoms with van der Waals surface area (Å²) in [5, 5.41) is 2.43. The maximum atomic E-state index is 13.0. The Kier molecular flexibility index (Phi) is 6.16. The minimum absolute atomic E-state index is 0.271. The van der Waals surface area contributed by atoms with Gasteiger partial charge in [-0.2, -0.15) is 13.2 Å². The molecule has 0 radical (unpaired) electrons. The van der Waals surface area contributed by atoms with Crippen LogP contribution in [0.25, 0.3) is 6.08 Å². The molecule has 0 unspecified atom stereocenters. The van der Waals surface area contributed by atoms with E-state index in [1.807, 2.05) is 0 Å². The van der Waals surface area contributed by atoms with E-state index in [0.717, 1.165) is 12.1 Å². The lowest BCUT2D eigenvalue weighted by atomic mass is 10.1. The van der Waals surface area contributed by atoms with Crippen LogP contribution < -0.4 is 5.32 Å². The summed E-state index contributed by atoms with van der Waals surface area (Å²) >= 11 is 0. The Morgan fingerprint density at radius 1 is 1.08 bits per heavy atom. The number of anilines is 1. The van der Waals surface area contributed by atoms with Crippen LogP contribution in [0.1, 0.15) is 28.4 Å². The Morgan fingerprint density at radius 2 is 1.73 bits per heavy atom. The number of hydrogen-bond donors (Lipinski definition) is 1. The second-order valence-electron chi connectivity index (χ2n) is 5.20. The van der Waals surface area contributed by atoms with E-state index >= 15 is 0 Å². The maximum Gasteiger partial charge on any atom is 0.417 e. The van der Waals surface area contributed by atoms with Gasteiger partial charge < -0.3 is 10.1 Å².